The summed E-state index contributed by atoms with van der Waals surface area (Å²) >= 11 is 0.447. The highest BCUT2D eigenvalue weighted by molar-refractivity contribution is 7.07. The SMILES string of the molecule is O=c1scc(O)n1-c1cc(C(F)(F)F)cc(C(F)(F)F)c1. The maximum absolute atomic E-state index is 12.7. The highest BCUT2D eigenvalue weighted by Gasteiger charge is 2.37. The molecule has 0 amide bonds. The largest absolute Gasteiger partial charge is 0.494 e. The van der Waals surface area contributed by atoms with Gasteiger partial charge < -0.3 is 5.11 Å². The van der Waals surface area contributed by atoms with E-state index in [0.717, 1.165) is 5.38 Å². The fraction of sp³-hybridized carbons (Fsp3) is 0.182. The summed E-state index contributed by atoms with van der Waals surface area (Å²) in [5.41, 5.74) is -3.84. The summed E-state index contributed by atoms with van der Waals surface area (Å²) in [6.45, 7) is 0. The van der Waals surface area contributed by atoms with Crippen LogP contribution in [-0.4, -0.2) is 9.67 Å². The van der Waals surface area contributed by atoms with E-state index in [9.17, 15) is 36.2 Å². The number of thiazole rings is 1. The van der Waals surface area contributed by atoms with Crippen LogP contribution in [0.2, 0.25) is 0 Å². The van der Waals surface area contributed by atoms with Crippen LogP contribution in [0, 0.1) is 0 Å². The second-order valence-electron chi connectivity index (χ2n) is 3.96. The summed E-state index contributed by atoms with van der Waals surface area (Å²) in [6, 6.07) is 0.671. The molecule has 2 aromatic rings. The van der Waals surface area contributed by atoms with Crippen molar-refractivity contribution >= 4 is 11.3 Å². The Morgan fingerprint density at radius 3 is 1.76 bits per heavy atom. The van der Waals surface area contributed by atoms with Crippen molar-refractivity contribution in [3.8, 4) is 11.6 Å². The number of nitrogens with zero attached hydrogens (tertiary/aromatic N) is 1. The maximum Gasteiger partial charge on any atom is 0.416 e. The molecule has 0 saturated heterocycles. The number of aromatic hydroxyl groups is 1. The van der Waals surface area contributed by atoms with Crippen molar-refractivity contribution < 1.29 is 31.4 Å². The van der Waals surface area contributed by atoms with Crippen LogP contribution in [0.4, 0.5) is 26.3 Å². The molecule has 0 saturated carbocycles. The Kier molecular flexibility index (Phi) is 3.52. The van der Waals surface area contributed by atoms with Crippen molar-refractivity contribution in [2.24, 2.45) is 0 Å². The first-order valence-corrected chi connectivity index (χ1v) is 6.07. The van der Waals surface area contributed by atoms with Crippen molar-refractivity contribution in [3.05, 3.63) is 44.4 Å². The van der Waals surface area contributed by atoms with Crippen LogP contribution in [0.5, 0.6) is 5.88 Å². The van der Waals surface area contributed by atoms with Gasteiger partial charge in [0.1, 0.15) is 0 Å². The predicted octanol–water partition coefficient (Wildman–Crippen LogP) is 3.64. The number of hydrogen-bond acceptors (Lipinski definition) is 3. The minimum absolute atomic E-state index is 0.0576. The first-order valence-electron chi connectivity index (χ1n) is 5.19. The highest BCUT2D eigenvalue weighted by Crippen LogP contribution is 2.37. The summed E-state index contributed by atoms with van der Waals surface area (Å²) in [5, 5.41) is 10.3. The van der Waals surface area contributed by atoms with Crippen molar-refractivity contribution in [2.75, 3.05) is 0 Å². The molecule has 114 valence electrons. The minimum atomic E-state index is -5.02. The van der Waals surface area contributed by atoms with Gasteiger partial charge in [-0.1, -0.05) is 11.3 Å². The standard InChI is InChI=1S/C11H5F6NO2S/c12-10(13,14)5-1-6(11(15,16)17)3-7(2-5)18-8(19)4-21-9(18)20/h1-4,19H. The van der Waals surface area contributed by atoms with Gasteiger partial charge in [-0.25, -0.2) is 4.57 Å². The van der Waals surface area contributed by atoms with Crippen molar-refractivity contribution in [1.29, 1.82) is 0 Å². The van der Waals surface area contributed by atoms with Crippen molar-refractivity contribution in [2.45, 2.75) is 12.4 Å². The van der Waals surface area contributed by atoms with Gasteiger partial charge in [-0.2, -0.15) is 26.3 Å². The van der Waals surface area contributed by atoms with Gasteiger partial charge in [-0.15, -0.1) is 0 Å². The monoisotopic (exact) mass is 329 g/mol. The van der Waals surface area contributed by atoms with Crippen LogP contribution >= 0.6 is 11.3 Å². The predicted molar refractivity (Wildman–Crippen MR) is 61.6 cm³/mol. The zero-order valence-electron chi connectivity index (χ0n) is 9.79. The average Bonchev–Trinajstić information content (AvgIpc) is 2.66. The van der Waals surface area contributed by atoms with Crippen LogP contribution < -0.4 is 4.87 Å². The topological polar surface area (TPSA) is 42.2 Å². The van der Waals surface area contributed by atoms with E-state index >= 15 is 0 Å². The number of aromatic nitrogens is 1. The molecule has 1 heterocycles. The lowest BCUT2D eigenvalue weighted by Gasteiger charge is -2.14. The number of rotatable bonds is 1. The Hall–Kier alpha value is -1.97. The van der Waals surface area contributed by atoms with E-state index < -0.39 is 39.9 Å². The van der Waals surface area contributed by atoms with E-state index in [1.54, 1.807) is 0 Å². The molecule has 0 aliphatic heterocycles. The number of hydrogen-bond donors (Lipinski definition) is 1. The number of alkyl halides is 6. The fourth-order valence-corrected chi connectivity index (χ4v) is 2.22. The van der Waals surface area contributed by atoms with Crippen LogP contribution in [-0.2, 0) is 12.4 Å². The molecule has 0 bridgehead atoms. The first-order chi connectivity index (χ1) is 9.50. The minimum Gasteiger partial charge on any atom is -0.494 e. The molecule has 21 heavy (non-hydrogen) atoms. The van der Waals surface area contributed by atoms with Crippen molar-refractivity contribution in [1.82, 2.24) is 4.57 Å². The molecule has 2 rings (SSSR count). The van der Waals surface area contributed by atoms with E-state index in [1.807, 2.05) is 0 Å². The van der Waals surface area contributed by atoms with E-state index in [2.05, 4.69) is 0 Å². The smallest absolute Gasteiger partial charge is 0.416 e. The van der Waals surface area contributed by atoms with Crippen LogP contribution in [0.25, 0.3) is 5.69 Å². The van der Waals surface area contributed by atoms with Gasteiger partial charge in [0.25, 0.3) is 0 Å². The van der Waals surface area contributed by atoms with E-state index in [0.29, 0.717) is 28.0 Å². The third-order valence-electron chi connectivity index (χ3n) is 2.51. The van der Waals surface area contributed by atoms with E-state index in [1.165, 1.54) is 0 Å². The maximum atomic E-state index is 12.7. The molecule has 0 fully saturated rings. The molecule has 0 aliphatic rings. The van der Waals surface area contributed by atoms with Crippen LogP contribution in [0.1, 0.15) is 11.1 Å². The third kappa shape index (κ3) is 3.04. The molecule has 0 aliphatic carbocycles. The number of halogens is 6. The molecule has 0 spiro atoms. The molecular weight excluding hydrogens is 324 g/mol. The molecule has 0 atom stereocenters. The van der Waals surface area contributed by atoms with Gasteiger partial charge in [0.05, 0.1) is 22.2 Å². The van der Waals surface area contributed by atoms with E-state index in [-0.39, 0.29) is 6.07 Å². The molecule has 10 heteroatoms. The Morgan fingerprint density at radius 1 is 0.952 bits per heavy atom. The molecule has 1 aromatic heterocycles. The molecule has 0 unspecified atom stereocenters. The fourth-order valence-electron chi connectivity index (χ4n) is 1.61. The van der Waals surface area contributed by atoms with E-state index in [4.69, 9.17) is 0 Å². The molecular formula is C11H5F6NO2S. The Bertz CT molecular complexity index is 695. The normalized spacial score (nSPS) is 12.7. The molecule has 1 N–H and O–H groups in total. The lowest BCUT2D eigenvalue weighted by molar-refractivity contribution is -0.143. The highest BCUT2D eigenvalue weighted by atomic mass is 32.1. The Labute approximate surface area is 116 Å². The quantitative estimate of drug-likeness (QED) is 0.812. The summed E-state index contributed by atoms with van der Waals surface area (Å²) in [6.07, 6.45) is -10.0. The molecule has 3 nitrogen and oxygen atoms in total. The van der Waals surface area contributed by atoms with Gasteiger partial charge in [-0.05, 0) is 18.2 Å². The zero-order valence-corrected chi connectivity index (χ0v) is 10.6. The van der Waals surface area contributed by atoms with Crippen molar-refractivity contribution in [3.63, 3.8) is 0 Å². The van der Waals surface area contributed by atoms with Gasteiger partial charge in [0.2, 0.25) is 5.88 Å². The van der Waals surface area contributed by atoms with Gasteiger partial charge >= 0.3 is 17.2 Å². The van der Waals surface area contributed by atoms with Gasteiger partial charge in [0, 0.05) is 0 Å². The first kappa shape index (κ1) is 15.4. The summed E-state index contributed by atoms with van der Waals surface area (Å²) in [7, 11) is 0. The lowest BCUT2D eigenvalue weighted by atomic mass is 10.1. The number of benzene rings is 1. The Morgan fingerprint density at radius 2 is 1.43 bits per heavy atom. The summed E-state index contributed by atoms with van der Waals surface area (Å²) < 4.78 is 76.4. The summed E-state index contributed by atoms with van der Waals surface area (Å²) in [4.78, 5) is 10.5. The molecule has 0 radical (unpaired) electrons. The van der Waals surface area contributed by atoms with Gasteiger partial charge in [-0.3, -0.25) is 4.79 Å². The van der Waals surface area contributed by atoms with Crippen LogP contribution in [0.15, 0.2) is 28.4 Å². The second kappa shape index (κ2) is 4.79. The van der Waals surface area contributed by atoms with Crippen LogP contribution in [0.3, 0.4) is 0 Å². The molecule has 1 aromatic carbocycles. The second-order valence-corrected chi connectivity index (χ2v) is 4.78. The summed E-state index contributed by atoms with van der Waals surface area (Å²) in [5.74, 6) is -0.738. The lowest BCUT2D eigenvalue weighted by Crippen LogP contribution is -2.15. The third-order valence-corrected chi connectivity index (χ3v) is 3.22. The Balaban J connectivity index is 2.76. The zero-order chi connectivity index (χ0) is 16.0. The average molecular weight is 329 g/mol. The van der Waals surface area contributed by atoms with Gasteiger partial charge in [0.15, 0.2) is 0 Å².